The van der Waals surface area contributed by atoms with Crippen molar-refractivity contribution in [2.24, 2.45) is 5.92 Å². The quantitative estimate of drug-likeness (QED) is 0.817. The van der Waals surface area contributed by atoms with Crippen LogP contribution in [-0.4, -0.2) is 42.1 Å². The molecule has 26 heavy (non-hydrogen) atoms. The number of piperidine rings is 2. The summed E-state index contributed by atoms with van der Waals surface area (Å²) in [7, 11) is 0. The SMILES string of the molecule is CC1CCN(c2ccc(C(=O)NC3CC4CCC(C3)N4)cn2)CC1.Cl.Cl. The molecule has 2 unspecified atom stereocenters. The summed E-state index contributed by atoms with van der Waals surface area (Å²) in [5.74, 6) is 1.83. The van der Waals surface area contributed by atoms with Crippen LogP contribution in [0, 0.1) is 5.92 Å². The molecule has 5 nitrogen and oxygen atoms in total. The Morgan fingerprint density at radius 1 is 1.12 bits per heavy atom. The molecule has 0 radical (unpaired) electrons. The van der Waals surface area contributed by atoms with Gasteiger partial charge >= 0.3 is 0 Å². The molecule has 2 N–H and O–H groups in total. The van der Waals surface area contributed by atoms with Crippen LogP contribution in [0.5, 0.6) is 0 Å². The van der Waals surface area contributed by atoms with Crippen LogP contribution in [-0.2, 0) is 0 Å². The van der Waals surface area contributed by atoms with Crippen LogP contribution in [0.2, 0.25) is 0 Å². The Morgan fingerprint density at radius 3 is 2.35 bits per heavy atom. The monoisotopic (exact) mass is 400 g/mol. The van der Waals surface area contributed by atoms with E-state index in [0.29, 0.717) is 23.7 Å². The molecule has 3 fully saturated rings. The summed E-state index contributed by atoms with van der Waals surface area (Å²) in [6, 6.07) is 5.41. The minimum absolute atomic E-state index is 0. The van der Waals surface area contributed by atoms with E-state index in [9.17, 15) is 4.79 Å². The Hall–Kier alpha value is -1.04. The number of fused-ring (bicyclic) bond motifs is 2. The third-order valence-electron chi connectivity index (χ3n) is 5.93. The maximum absolute atomic E-state index is 12.5. The number of amides is 1. The van der Waals surface area contributed by atoms with Crippen LogP contribution >= 0.6 is 24.8 Å². The lowest BCUT2D eigenvalue weighted by Gasteiger charge is -2.31. The highest BCUT2D eigenvalue weighted by molar-refractivity contribution is 5.94. The molecule has 3 saturated heterocycles. The van der Waals surface area contributed by atoms with Crippen LogP contribution < -0.4 is 15.5 Å². The van der Waals surface area contributed by atoms with Crippen LogP contribution in [0.3, 0.4) is 0 Å². The van der Waals surface area contributed by atoms with Crippen LogP contribution in [0.4, 0.5) is 5.82 Å². The second kappa shape index (κ2) is 9.25. The van der Waals surface area contributed by atoms with Crippen molar-refractivity contribution in [3.05, 3.63) is 23.9 Å². The number of rotatable bonds is 3. The Bertz CT molecular complexity index is 578. The minimum atomic E-state index is 0. The second-order valence-electron chi connectivity index (χ2n) is 7.85. The summed E-state index contributed by atoms with van der Waals surface area (Å²) >= 11 is 0. The molecule has 0 aromatic carbocycles. The van der Waals surface area contributed by atoms with Crippen molar-refractivity contribution in [2.45, 2.75) is 63.6 Å². The standard InChI is InChI=1S/C19H28N4O.2ClH/c1-13-6-8-23(9-7-13)18-5-2-14(12-20-18)19(24)22-17-10-15-3-4-16(11-17)21-15;;/h2,5,12-13,15-17,21H,3-4,6-11H2,1H3,(H,22,24);2*1H. The smallest absolute Gasteiger partial charge is 0.253 e. The normalized spacial score (nSPS) is 28.0. The van der Waals surface area contributed by atoms with Gasteiger partial charge in [0.1, 0.15) is 5.82 Å². The highest BCUT2D eigenvalue weighted by Gasteiger charge is 2.34. The van der Waals surface area contributed by atoms with Crippen molar-refractivity contribution >= 4 is 36.5 Å². The van der Waals surface area contributed by atoms with Crippen molar-refractivity contribution in [1.82, 2.24) is 15.6 Å². The summed E-state index contributed by atoms with van der Waals surface area (Å²) in [6.07, 6.45) is 8.80. The summed E-state index contributed by atoms with van der Waals surface area (Å²) in [4.78, 5) is 19.4. The molecule has 3 aliphatic rings. The van der Waals surface area contributed by atoms with E-state index < -0.39 is 0 Å². The molecule has 1 aromatic heterocycles. The third-order valence-corrected chi connectivity index (χ3v) is 5.93. The topological polar surface area (TPSA) is 57.3 Å². The van der Waals surface area contributed by atoms with Gasteiger partial charge in [0.25, 0.3) is 5.91 Å². The van der Waals surface area contributed by atoms with Crippen molar-refractivity contribution in [1.29, 1.82) is 0 Å². The lowest BCUT2D eigenvalue weighted by Crippen LogP contribution is -2.48. The van der Waals surface area contributed by atoms with Crippen LogP contribution in [0.15, 0.2) is 18.3 Å². The zero-order valence-corrected chi connectivity index (χ0v) is 17.0. The largest absolute Gasteiger partial charge is 0.357 e. The maximum Gasteiger partial charge on any atom is 0.253 e. The van der Waals surface area contributed by atoms with Gasteiger partial charge in [0.05, 0.1) is 5.56 Å². The van der Waals surface area contributed by atoms with E-state index in [1.54, 1.807) is 6.20 Å². The summed E-state index contributed by atoms with van der Waals surface area (Å²) < 4.78 is 0. The fourth-order valence-corrected chi connectivity index (χ4v) is 4.39. The first-order chi connectivity index (χ1) is 11.7. The van der Waals surface area contributed by atoms with Crippen LogP contribution in [0.25, 0.3) is 0 Å². The predicted octanol–water partition coefficient (Wildman–Crippen LogP) is 3.17. The molecule has 7 heteroatoms. The number of hydrogen-bond donors (Lipinski definition) is 2. The maximum atomic E-state index is 12.5. The number of carbonyl (C=O) groups excluding carboxylic acids is 1. The fourth-order valence-electron chi connectivity index (χ4n) is 4.39. The first-order valence-electron chi connectivity index (χ1n) is 9.45. The van der Waals surface area contributed by atoms with E-state index in [1.165, 1.54) is 25.7 Å². The van der Waals surface area contributed by atoms with Gasteiger partial charge in [-0.05, 0) is 56.6 Å². The Labute approximate surface area is 168 Å². The molecule has 4 heterocycles. The minimum Gasteiger partial charge on any atom is -0.357 e. The molecule has 2 bridgehead atoms. The molecule has 0 saturated carbocycles. The third kappa shape index (κ3) is 4.81. The number of hydrogen-bond acceptors (Lipinski definition) is 4. The molecule has 146 valence electrons. The molecule has 0 aliphatic carbocycles. The van der Waals surface area contributed by atoms with Gasteiger partial charge in [-0.15, -0.1) is 24.8 Å². The molecule has 2 atom stereocenters. The number of carbonyl (C=O) groups is 1. The first kappa shape index (κ1) is 21.3. The van der Waals surface area contributed by atoms with Gasteiger partial charge in [0.2, 0.25) is 0 Å². The van der Waals surface area contributed by atoms with Gasteiger partial charge in [0, 0.05) is 37.4 Å². The molecule has 4 rings (SSSR count). The van der Waals surface area contributed by atoms with Crippen molar-refractivity contribution in [3.8, 4) is 0 Å². The van der Waals surface area contributed by atoms with E-state index in [1.807, 2.05) is 12.1 Å². The number of nitrogens with one attached hydrogen (secondary N) is 2. The summed E-state index contributed by atoms with van der Waals surface area (Å²) in [5, 5.41) is 6.82. The van der Waals surface area contributed by atoms with Gasteiger partial charge in [0.15, 0.2) is 0 Å². The van der Waals surface area contributed by atoms with Gasteiger partial charge in [-0.25, -0.2) is 4.98 Å². The number of aromatic nitrogens is 1. The van der Waals surface area contributed by atoms with E-state index >= 15 is 0 Å². The van der Waals surface area contributed by atoms with E-state index in [2.05, 4.69) is 27.4 Å². The molecule has 3 aliphatic heterocycles. The number of nitrogens with zero attached hydrogens (tertiary/aromatic N) is 2. The lowest BCUT2D eigenvalue weighted by atomic mass is 9.99. The Balaban J connectivity index is 0.00000121. The molecule has 1 amide bonds. The average molecular weight is 401 g/mol. The van der Waals surface area contributed by atoms with E-state index in [0.717, 1.165) is 37.7 Å². The number of anilines is 1. The molecule has 1 aromatic rings. The van der Waals surface area contributed by atoms with Crippen LogP contribution in [0.1, 0.15) is 55.8 Å². The van der Waals surface area contributed by atoms with E-state index in [4.69, 9.17) is 0 Å². The molecule has 0 spiro atoms. The molecular weight excluding hydrogens is 371 g/mol. The number of halogens is 2. The second-order valence-corrected chi connectivity index (χ2v) is 7.85. The van der Waals surface area contributed by atoms with E-state index in [-0.39, 0.29) is 30.7 Å². The molecular formula is C19H30Cl2N4O. The first-order valence-corrected chi connectivity index (χ1v) is 9.45. The van der Waals surface area contributed by atoms with Crippen molar-refractivity contribution < 1.29 is 4.79 Å². The summed E-state index contributed by atoms with van der Waals surface area (Å²) in [5.41, 5.74) is 0.676. The highest BCUT2D eigenvalue weighted by Crippen LogP contribution is 2.27. The van der Waals surface area contributed by atoms with Crippen molar-refractivity contribution in [3.63, 3.8) is 0 Å². The number of pyridine rings is 1. The Morgan fingerprint density at radius 2 is 1.77 bits per heavy atom. The summed E-state index contributed by atoms with van der Waals surface area (Å²) in [6.45, 7) is 4.44. The van der Waals surface area contributed by atoms with Gasteiger partial charge in [-0.3, -0.25) is 4.79 Å². The van der Waals surface area contributed by atoms with Gasteiger partial charge in [-0.1, -0.05) is 6.92 Å². The predicted molar refractivity (Wildman–Crippen MR) is 110 cm³/mol. The zero-order chi connectivity index (χ0) is 16.5. The van der Waals surface area contributed by atoms with Gasteiger partial charge in [-0.2, -0.15) is 0 Å². The lowest BCUT2D eigenvalue weighted by molar-refractivity contribution is 0.0923. The highest BCUT2D eigenvalue weighted by atomic mass is 35.5. The van der Waals surface area contributed by atoms with Crippen molar-refractivity contribution in [2.75, 3.05) is 18.0 Å². The zero-order valence-electron chi connectivity index (χ0n) is 15.3. The van der Waals surface area contributed by atoms with Gasteiger partial charge < -0.3 is 15.5 Å². The fraction of sp³-hybridized carbons (Fsp3) is 0.684. The average Bonchev–Trinajstić information content (AvgIpc) is 2.94. The Kier molecular flexibility index (Phi) is 7.56.